The Bertz CT molecular complexity index is 674. The van der Waals surface area contributed by atoms with Gasteiger partial charge in [-0.25, -0.2) is 4.79 Å². The maximum absolute atomic E-state index is 11.1. The van der Waals surface area contributed by atoms with Crippen molar-refractivity contribution in [2.45, 2.75) is 19.3 Å². The molecule has 1 N–H and O–H groups in total. The van der Waals surface area contributed by atoms with Gasteiger partial charge in [0.2, 0.25) is 0 Å². The number of nitrogens with zero attached hydrogens (tertiary/aromatic N) is 1. The lowest BCUT2D eigenvalue weighted by Crippen LogP contribution is -2.33. The summed E-state index contributed by atoms with van der Waals surface area (Å²) < 4.78 is 10.7. The van der Waals surface area contributed by atoms with Gasteiger partial charge in [-0.15, -0.1) is 0 Å². The van der Waals surface area contributed by atoms with Crippen molar-refractivity contribution in [2.75, 3.05) is 26.2 Å². The van der Waals surface area contributed by atoms with Crippen LogP contribution in [0.3, 0.4) is 0 Å². The number of benzene rings is 1. The second kappa shape index (κ2) is 6.18. The summed E-state index contributed by atoms with van der Waals surface area (Å²) in [4.78, 5) is 13.5. The van der Waals surface area contributed by atoms with Crippen LogP contribution < -0.4 is 10.4 Å². The Hall–Kier alpha value is -2.01. The van der Waals surface area contributed by atoms with Gasteiger partial charge in [0, 0.05) is 24.1 Å². The summed E-state index contributed by atoms with van der Waals surface area (Å²) >= 11 is 0. The van der Waals surface area contributed by atoms with Crippen LogP contribution in [-0.2, 0) is 0 Å². The lowest BCUT2D eigenvalue weighted by molar-refractivity contribution is 0.181. The Labute approximate surface area is 122 Å². The van der Waals surface area contributed by atoms with Gasteiger partial charge in [0.1, 0.15) is 12.2 Å². The summed E-state index contributed by atoms with van der Waals surface area (Å²) in [6.07, 6.45) is 3.81. The number of hydrogen-bond donors (Lipinski definition) is 1. The molecule has 0 spiro atoms. The zero-order chi connectivity index (χ0) is 14.7. The highest BCUT2D eigenvalue weighted by Gasteiger charge is 2.11. The lowest BCUT2D eigenvalue weighted by atomic mass is 10.1. The molecule has 1 fully saturated rings. The third-order valence-electron chi connectivity index (χ3n) is 3.81. The van der Waals surface area contributed by atoms with Gasteiger partial charge in [0.05, 0.1) is 0 Å². The quantitative estimate of drug-likeness (QED) is 0.875. The molecule has 2 heterocycles. The van der Waals surface area contributed by atoms with Crippen molar-refractivity contribution in [3.63, 3.8) is 0 Å². The molecule has 3 rings (SSSR count). The fraction of sp³-hybridized carbons (Fsp3) is 0.438. The number of likely N-dealkylation sites (tertiary alicyclic amines) is 1. The first-order valence-corrected chi connectivity index (χ1v) is 7.34. The van der Waals surface area contributed by atoms with E-state index in [1.54, 1.807) is 12.1 Å². The molecule has 0 bridgehead atoms. The Morgan fingerprint density at radius 3 is 2.81 bits per heavy atom. The maximum Gasteiger partial charge on any atom is 0.336 e. The van der Waals surface area contributed by atoms with E-state index in [0.29, 0.717) is 17.9 Å². The molecule has 0 amide bonds. The van der Waals surface area contributed by atoms with E-state index in [1.165, 1.54) is 31.4 Å². The first-order valence-electron chi connectivity index (χ1n) is 7.34. The van der Waals surface area contributed by atoms with Crippen molar-refractivity contribution in [3.8, 4) is 11.5 Å². The van der Waals surface area contributed by atoms with Crippen LogP contribution in [0, 0.1) is 0 Å². The highest BCUT2D eigenvalue weighted by molar-refractivity contribution is 5.80. The van der Waals surface area contributed by atoms with Crippen LogP contribution in [0.4, 0.5) is 0 Å². The average molecular weight is 289 g/mol. The smallest absolute Gasteiger partial charge is 0.336 e. The van der Waals surface area contributed by atoms with Gasteiger partial charge >= 0.3 is 5.63 Å². The van der Waals surface area contributed by atoms with Gasteiger partial charge in [-0.2, -0.15) is 0 Å². The van der Waals surface area contributed by atoms with E-state index in [1.807, 2.05) is 0 Å². The van der Waals surface area contributed by atoms with Crippen molar-refractivity contribution >= 4 is 11.0 Å². The van der Waals surface area contributed by atoms with E-state index in [9.17, 15) is 9.90 Å². The SMILES string of the molecule is O=c1ccc2cc(OCCN3CCCCC3)c(O)cc2o1. The predicted molar refractivity (Wildman–Crippen MR) is 79.9 cm³/mol. The molecule has 0 unspecified atom stereocenters. The van der Waals surface area contributed by atoms with Crippen LogP contribution in [0.15, 0.2) is 33.5 Å². The van der Waals surface area contributed by atoms with Crippen molar-refractivity contribution in [2.24, 2.45) is 0 Å². The van der Waals surface area contributed by atoms with Crippen LogP contribution in [0.1, 0.15) is 19.3 Å². The van der Waals surface area contributed by atoms with Crippen molar-refractivity contribution < 1.29 is 14.3 Å². The molecule has 1 aliphatic heterocycles. The molecule has 1 aromatic carbocycles. The van der Waals surface area contributed by atoms with E-state index in [4.69, 9.17) is 9.15 Å². The Morgan fingerprint density at radius 2 is 2.00 bits per heavy atom. The monoisotopic (exact) mass is 289 g/mol. The molecule has 1 saturated heterocycles. The van der Waals surface area contributed by atoms with E-state index in [0.717, 1.165) is 25.0 Å². The lowest BCUT2D eigenvalue weighted by Gasteiger charge is -2.26. The van der Waals surface area contributed by atoms with Crippen LogP contribution in [0.25, 0.3) is 11.0 Å². The number of ether oxygens (including phenoxy) is 1. The number of aromatic hydroxyl groups is 1. The minimum absolute atomic E-state index is 0.00417. The van der Waals surface area contributed by atoms with Gasteiger partial charge in [-0.1, -0.05) is 6.42 Å². The zero-order valence-corrected chi connectivity index (χ0v) is 11.9. The maximum atomic E-state index is 11.1. The standard InChI is InChI=1S/C16H19NO4/c18-13-11-14-12(4-5-16(19)21-14)10-15(13)20-9-8-17-6-2-1-3-7-17/h4-5,10-11,18H,1-3,6-9H2. The molecule has 0 saturated carbocycles. The normalized spacial score (nSPS) is 16.2. The number of phenolic OH excluding ortho intramolecular Hbond substituents is 1. The molecular weight excluding hydrogens is 270 g/mol. The van der Waals surface area contributed by atoms with Crippen molar-refractivity contribution in [1.29, 1.82) is 0 Å². The van der Waals surface area contributed by atoms with Gasteiger partial charge in [-0.05, 0) is 38.1 Å². The highest BCUT2D eigenvalue weighted by atomic mass is 16.5. The van der Waals surface area contributed by atoms with Gasteiger partial charge in [0.15, 0.2) is 11.5 Å². The molecule has 112 valence electrons. The summed E-state index contributed by atoms with van der Waals surface area (Å²) in [5.41, 5.74) is -0.0657. The van der Waals surface area contributed by atoms with Crippen LogP contribution in [0.5, 0.6) is 11.5 Å². The van der Waals surface area contributed by atoms with E-state index in [-0.39, 0.29) is 5.75 Å². The molecule has 0 radical (unpaired) electrons. The molecule has 1 aliphatic rings. The third kappa shape index (κ3) is 3.36. The second-order valence-corrected chi connectivity index (χ2v) is 5.36. The summed E-state index contributed by atoms with van der Waals surface area (Å²) in [5.74, 6) is 0.420. The number of phenols is 1. The van der Waals surface area contributed by atoms with E-state index >= 15 is 0 Å². The number of piperidine rings is 1. The number of rotatable bonds is 4. The fourth-order valence-corrected chi connectivity index (χ4v) is 2.67. The Balaban J connectivity index is 1.67. The molecule has 5 nitrogen and oxygen atoms in total. The molecule has 2 aromatic rings. The van der Waals surface area contributed by atoms with Crippen LogP contribution in [-0.4, -0.2) is 36.2 Å². The van der Waals surface area contributed by atoms with Gasteiger partial charge in [0.25, 0.3) is 0 Å². The van der Waals surface area contributed by atoms with E-state index in [2.05, 4.69) is 4.90 Å². The minimum atomic E-state index is -0.430. The second-order valence-electron chi connectivity index (χ2n) is 5.36. The molecule has 0 atom stereocenters. The summed E-state index contributed by atoms with van der Waals surface area (Å²) in [6, 6.07) is 6.14. The van der Waals surface area contributed by atoms with Crippen molar-refractivity contribution in [3.05, 3.63) is 34.7 Å². The minimum Gasteiger partial charge on any atom is -0.504 e. The summed E-state index contributed by atoms with van der Waals surface area (Å²) in [6.45, 7) is 3.65. The van der Waals surface area contributed by atoms with Crippen molar-refractivity contribution in [1.82, 2.24) is 4.90 Å². The molecule has 0 aliphatic carbocycles. The fourth-order valence-electron chi connectivity index (χ4n) is 2.67. The van der Waals surface area contributed by atoms with Gasteiger partial charge < -0.3 is 14.3 Å². The average Bonchev–Trinajstić information content (AvgIpc) is 2.49. The van der Waals surface area contributed by atoms with Crippen LogP contribution in [0.2, 0.25) is 0 Å². The molecule has 21 heavy (non-hydrogen) atoms. The third-order valence-corrected chi connectivity index (χ3v) is 3.81. The number of hydrogen-bond acceptors (Lipinski definition) is 5. The Morgan fingerprint density at radius 1 is 1.19 bits per heavy atom. The predicted octanol–water partition coefficient (Wildman–Crippen LogP) is 2.36. The summed E-state index contributed by atoms with van der Waals surface area (Å²) in [7, 11) is 0. The summed E-state index contributed by atoms with van der Waals surface area (Å²) in [5, 5.41) is 10.7. The van der Waals surface area contributed by atoms with Crippen LogP contribution >= 0.6 is 0 Å². The zero-order valence-electron chi connectivity index (χ0n) is 11.9. The van der Waals surface area contributed by atoms with Gasteiger partial charge in [-0.3, -0.25) is 4.90 Å². The first-order chi connectivity index (χ1) is 10.2. The molecular formula is C16H19NO4. The number of fused-ring (bicyclic) bond motifs is 1. The first kappa shape index (κ1) is 13.9. The Kier molecular flexibility index (Phi) is 4.10. The van der Waals surface area contributed by atoms with E-state index < -0.39 is 5.63 Å². The molecule has 5 heteroatoms. The molecule has 1 aromatic heterocycles. The topological polar surface area (TPSA) is 62.9 Å². The largest absolute Gasteiger partial charge is 0.504 e. The highest BCUT2D eigenvalue weighted by Crippen LogP contribution is 2.30.